The molecule has 0 aliphatic rings. The number of nitrogens with one attached hydrogen (secondary N) is 1. The molecule has 0 saturated heterocycles. The maximum absolute atomic E-state index is 12.7. The molecule has 9 heteroatoms. The highest BCUT2D eigenvalue weighted by Gasteiger charge is 2.29. The highest BCUT2D eigenvalue weighted by Crippen LogP contribution is 2.22. The molecule has 3 rings (SSSR count). The Hall–Kier alpha value is -3.88. The van der Waals surface area contributed by atoms with Crippen molar-refractivity contribution in [1.29, 1.82) is 0 Å². The Bertz CT molecular complexity index is 1090. The molecule has 2 aromatic carbocycles. The molecular formula is C24H22F3N3O3. The van der Waals surface area contributed by atoms with Crippen molar-refractivity contribution >= 4 is 23.2 Å². The predicted octanol–water partition coefficient (Wildman–Crippen LogP) is 4.87. The van der Waals surface area contributed by atoms with E-state index in [4.69, 9.17) is 0 Å². The average Bonchev–Trinajstić information content (AvgIpc) is 2.80. The number of likely N-dealkylation sites (N-methyl/N-ethyl adjacent to an activating group) is 1. The number of hydrogen-bond acceptors (Lipinski definition) is 4. The number of para-hydroxylation sites is 1. The predicted molar refractivity (Wildman–Crippen MR) is 118 cm³/mol. The lowest BCUT2D eigenvalue weighted by Crippen LogP contribution is -2.31. The summed E-state index contributed by atoms with van der Waals surface area (Å²) in [6, 6.07) is 18.7. The van der Waals surface area contributed by atoms with Gasteiger partial charge < -0.3 is 15.0 Å². The number of amides is 2. The van der Waals surface area contributed by atoms with Gasteiger partial charge in [0.05, 0.1) is 6.42 Å². The van der Waals surface area contributed by atoms with Crippen LogP contribution >= 0.6 is 0 Å². The molecule has 0 fully saturated rings. The standard InChI is InChI=1S/C24H22F3N3O3/c1-2-30(19-7-4-3-5-8-19)21(31)15-17-10-12-18(13-11-17)29-22(32)20-9-6-14-28-23(20)33-16-24(25,26)27/h3-14H,2,15-16H2,1H3,(H,29,32). The third-order valence-corrected chi connectivity index (χ3v) is 4.64. The Kier molecular flexibility index (Phi) is 7.66. The van der Waals surface area contributed by atoms with E-state index in [2.05, 4.69) is 15.0 Å². The Morgan fingerprint density at radius 2 is 1.70 bits per heavy atom. The second kappa shape index (κ2) is 10.6. The van der Waals surface area contributed by atoms with Gasteiger partial charge in [0.2, 0.25) is 11.8 Å². The maximum Gasteiger partial charge on any atom is 0.422 e. The molecule has 1 aromatic heterocycles. The van der Waals surface area contributed by atoms with Crippen LogP contribution in [0.4, 0.5) is 24.5 Å². The quantitative estimate of drug-likeness (QED) is 0.524. The lowest BCUT2D eigenvalue weighted by atomic mass is 10.1. The van der Waals surface area contributed by atoms with Crippen molar-refractivity contribution in [3.05, 3.63) is 84.1 Å². The van der Waals surface area contributed by atoms with Crippen LogP contribution in [0.2, 0.25) is 0 Å². The number of carbonyl (C=O) groups excluding carboxylic acids is 2. The van der Waals surface area contributed by atoms with Crippen LogP contribution < -0.4 is 15.0 Å². The van der Waals surface area contributed by atoms with Gasteiger partial charge in [-0.05, 0) is 48.9 Å². The van der Waals surface area contributed by atoms with Gasteiger partial charge in [0.1, 0.15) is 5.56 Å². The number of halogens is 3. The van der Waals surface area contributed by atoms with Crippen molar-refractivity contribution in [2.45, 2.75) is 19.5 Å². The van der Waals surface area contributed by atoms with Gasteiger partial charge in [-0.25, -0.2) is 4.98 Å². The lowest BCUT2D eigenvalue weighted by Gasteiger charge is -2.21. The summed E-state index contributed by atoms with van der Waals surface area (Å²) in [4.78, 5) is 30.6. The number of nitrogens with zero attached hydrogens (tertiary/aromatic N) is 2. The second-order valence-electron chi connectivity index (χ2n) is 7.06. The molecule has 0 spiro atoms. The van der Waals surface area contributed by atoms with Gasteiger partial charge >= 0.3 is 6.18 Å². The fourth-order valence-corrected chi connectivity index (χ4v) is 3.11. The van der Waals surface area contributed by atoms with E-state index in [0.717, 1.165) is 11.3 Å². The zero-order valence-electron chi connectivity index (χ0n) is 17.8. The topological polar surface area (TPSA) is 71.5 Å². The molecule has 0 bridgehead atoms. The lowest BCUT2D eigenvalue weighted by molar-refractivity contribution is -0.154. The Morgan fingerprint density at radius 3 is 2.33 bits per heavy atom. The summed E-state index contributed by atoms with van der Waals surface area (Å²) in [7, 11) is 0. The summed E-state index contributed by atoms with van der Waals surface area (Å²) >= 11 is 0. The number of carbonyl (C=O) groups is 2. The molecule has 3 aromatic rings. The van der Waals surface area contributed by atoms with Crippen LogP contribution in [0.5, 0.6) is 5.88 Å². The molecule has 0 saturated carbocycles. The van der Waals surface area contributed by atoms with Crippen molar-refractivity contribution in [3.8, 4) is 5.88 Å². The number of rotatable bonds is 8. The van der Waals surface area contributed by atoms with E-state index < -0.39 is 24.6 Å². The number of alkyl halides is 3. The summed E-state index contributed by atoms with van der Waals surface area (Å²) in [5.41, 5.74) is 1.86. The normalized spacial score (nSPS) is 11.0. The molecular weight excluding hydrogens is 435 g/mol. The van der Waals surface area contributed by atoms with Gasteiger partial charge in [0, 0.05) is 24.1 Å². The van der Waals surface area contributed by atoms with Crippen LogP contribution in [0.1, 0.15) is 22.8 Å². The van der Waals surface area contributed by atoms with Crippen LogP contribution in [0.15, 0.2) is 72.9 Å². The third-order valence-electron chi connectivity index (χ3n) is 4.64. The summed E-state index contributed by atoms with van der Waals surface area (Å²) in [5.74, 6) is -1.14. The fourth-order valence-electron chi connectivity index (χ4n) is 3.11. The van der Waals surface area contributed by atoms with Gasteiger partial charge in [-0.1, -0.05) is 30.3 Å². The molecule has 6 nitrogen and oxygen atoms in total. The SMILES string of the molecule is CCN(C(=O)Cc1ccc(NC(=O)c2cccnc2OCC(F)(F)F)cc1)c1ccccc1. The minimum Gasteiger partial charge on any atom is -0.467 e. The molecule has 0 radical (unpaired) electrons. The molecule has 1 N–H and O–H groups in total. The van der Waals surface area contributed by atoms with E-state index >= 15 is 0 Å². The van der Waals surface area contributed by atoms with E-state index in [0.29, 0.717) is 12.2 Å². The minimum atomic E-state index is -4.55. The Morgan fingerprint density at radius 1 is 1.00 bits per heavy atom. The van der Waals surface area contributed by atoms with Crippen molar-refractivity contribution in [2.24, 2.45) is 0 Å². The van der Waals surface area contributed by atoms with Gasteiger partial charge in [0.25, 0.3) is 5.91 Å². The fraction of sp³-hybridized carbons (Fsp3) is 0.208. The first kappa shape index (κ1) is 23.8. The van der Waals surface area contributed by atoms with Crippen molar-refractivity contribution in [1.82, 2.24) is 4.98 Å². The molecule has 0 unspecified atom stereocenters. The van der Waals surface area contributed by atoms with Gasteiger partial charge in [-0.3, -0.25) is 9.59 Å². The highest BCUT2D eigenvalue weighted by molar-refractivity contribution is 6.05. The molecule has 0 atom stereocenters. The first-order chi connectivity index (χ1) is 15.8. The molecule has 0 aliphatic heterocycles. The number of ether oxygens (including phenoxy) is 1. The largest absolute Gasteiger partial charge is 0.467 e. The maximum atomic E-state index is 12.7. The monoisotopic (exact) mass is 457 g/mol. The molecule has 2 amide bonds. The number of anilines is 2. The van der Waals surface area contributed by atoms with E-state index in [-0.39, 0.29) is 17.9 Å². The molecule has 1 heterocycles. The zero-order chi connectivity index (χ0) is 23.8. The van der Waals surface area contributed by atoms with E-state index in [1.54, 1.807) is 29.2 Å². The third kappa shape index (κ3) is 6.80. The van der Waals surface area contributed by atoms with Crippen molar-refractivity contribution in [2.75, 3.05) is 23.4 Å². The summed E-state index contributed by atoms with van der Waals surface area (Å²) in [6.07, 6.45) is -3.13. The summed E-state index contributed by atoms with van der Waals surface area (Å²) < 4.78 is 42.0. The average molecular weight is 457 g/mol. The molecule has 172 valence electrons. The van der Waals surface area contributed by atoms with Gasteiger partial charge in [-0.2, -0.15) is 13.2 Å². The minimum absolute atomic E-state index is 0.0673. The van der Waals surface area contributed by atoms with Crippen LogP contribution in [0.3, 0.4) is 0 Å². The number of aromatic nitrogens is 1. The molecule has 0 aliphatic carbocycles. The van der Waals surface area contributed by atoms with E-state index in [1.165, 1.54) is 18.3 Å². The van der Waals surface area contributed by atoms with Gasteiger partial charge in [0.15, 0.2) is 6.61 Å². The first-order valence-corrected chi connectivity index (χ1v) is 10.2. The Balaban J connectivity index is 1.64. The number of hydrogen-bond donors (Lipinski definition) is 1. The zero-order valence-corrected chi connectivity index (χ0v) is 17.8. The second-order valence-corrected chi connectivity index (χ2v) is 7.06. The number of benzene rings is 2. The highest BCUT2D eigenvalue weighted by atomic mass is 19.4. The Labute approximate surface area is 189 Å². The first-order valence-electron chi connectivity index (χ1n) is 10.2. The van der Waals surface area contributed by atoms with E-state index in [1.807, 2.05) is 37.3 Å². The van der Waals surface area contributed by atoms with Crippen LogP contribution in [-0.2, 0) is 11.2 Å². The van der Waals surface area contributed by atoms with Crippen molar-refractivity contribution < 1.29 is 27.5 Å². The van der Waals surface area contributed by atoms with Crippen LogP contribution in [0, 0.1) is 0 Å². The van der Waals surface area contributed by atoms with Gasteiger partial charge in [-0.15, -0.1) is 0 Å². The summed E-state index contributed by atoms with van der Waals surface area (Å²) in [5, 5.41) is 2.60. The van der Waals surface area contributed by atoms with Crippen LogP contribution in [0.25, 0.3) is 0 Å². The number of pyridine rings is 1. The smallest absolute Gasteiger partial charge is 0.422 e. The molecule has 33 heavy (non-hydrogen) atoms. The van der Waals surface area contributed by atoms with Crippen molar-refractivity contribution in [3.63, 3.8) is 0 Å². The van der Waals surface area contributed by atoms with E-state index in [9.17, 15) is 22.8 Å². The summed E-state index contributed by atoms with van der Waals surface area (Å²) in [6.45, 7) is 0.875. The van der Waals surface area contributed by atoms with Crippen LogP contribution in [-0.4, -0.2) is 36.1 Å².